The van der Waals surface area contributed by atoms with E-state index in [1.807, 2.05) is 0 Å². The van der Waals surface area contributed by atoms with Gasteiger partial charge in [0.15, 0.2) is 10.1 Å². The standard InChI is InChI=1S/C32H19Cl6N3O9/c1-49-20-4-2-3-17(13-20)29(46)50-19-11-7-15(8-12-19)21(42)14-39(26(43)16-5-9-18(10-6-16)41(47)48)40-27(44)22-23(28(40)45)31(36)25(34)24(33)30(22,35)32(31,37)38/h2-13,22-23H,14H2,1H3/t22-,23-,30-,31-/m1/s1. The van der Waals surface area contributed by atoms with Crippen molar-refractivity contribution < 1.29 is 38.4 Å². The van der Waals surface area contributed by atoms with Crippen LogP contribution in [-0.4, -0.2) is 72.2 Å². The number of benzene rings is 3. The zero-order valence-electron chi connectivity index (χ0n) is 25.1. The molecule has 3 amide bonds. The number of hydrogen-bond donors (Lipinski definition) is 0. The molecule has 2 fully saturated rings. The molecular weight excluding hydrogens is 783 g/mol. The van der Waals surface area contributed by atoms with Crippen LogP contribution in [0.5, 0.6) is 11.5 Å². The zero-order chi connectivity index (χ0) is 36.5. The Labute approximate surface area is 312 Å². The second kappa shape index (κ2) is 12.7. The molecule has 2 aliphatic carbocycles. The molecule has 1 saturated heterocycles. The second-order valence-electron chi connectivity index (χ2n) is 11.3. The molecule has 0 radical (unpaired) electrons. The number of ketones is 1. The fraction of sp³-hybridized carbons (Fsp3) is 0.219. The molecule has 12 nitrogen and oxygen atoms in total. The average Bonchev–Trinajstić information content (AvgIpc) is 3.49. The van der Waals surface area contributed by atoms with Crippen LogP contribution in [0, 0.1) is 22.0 Å². The van der Waals surface area contributed by atoms with Crippen molar-refractivity contribution in [1.82, 2.24) is 10.0 Å². The number of non-ortho nitro benzene ring substituents is 1. The maximum Gasteiger partial charge on any atom is 0.343 e. The third-order valence-electron chi connectivity index (χ3n) is 8.67. The number of Topliss-reactive ketones (excluding diaryl/α,β-unsaturated/α-hetero) is 1. The summed E-state index contributed by atoms with van der Waals surface area (Å²) < 4.78 is 8.25. The highest BCUT2D eigenvalue weighted by Crippen LogP contribution is 2.77. The van der Waals surface area contributed by atoms with Gasteiger partial charge in [-0.15, -0.1) is 23.2 Å². The van der Waals surface area contributed by atoms with E-state index in [4.69, 9.17) is 79.1 Å². The lowest BCUT2D eigenvalue weighted by molar-refractivity contribution is -0.384. The number of carbonyl (C=O) groups excluding carboxylic acids is 5. The van der Waals surface area contributed by atoms with Gasteiger partial charge in [-0.3, -0.25) is 29.3 Å². The molecule has 6 rings (SSSR count). The lowest BCUT2D eigenvalue weighted by atomic mass is 9.84. The Kier molecular flexibility index (Phi) is 9.12. The monoisotopic (exact) mass is 799 g/mol. The largest absolute Gasteiger partial charge is 0.497 e. The summed E-state index contributed by atoms with van der Waals surface area (Å²) in [5.74, 6) is -7.45. The minimum absolute atomic E-state index is 0.0112. The Balaban J connectivity index is 1.31. The highest BCUT2D eigenvalue weighted by molar-refractivity contribution is 6.66. The Morgan fingerprint density at radius 1 is 0.820 bits per heavy atom. The molecular formula is C32H19Cl6N3O9. The smallest absolute Gasteiger partial charge is 0.343 e. The molecule has 258 valence electrons. The third-order valence-corrected chi connectivity index (χ3v) is 12.9. The van der Waals surface area contributed by atoms with Gasteiger partial charge in [-0.05, 0) is 54.6 Å². The third kappa shape index (κ3) is 5.15. The highest BCUT2D eigenvalue weighted by atomic mass is 35.5. The van der Waals surface area contributed by atoms with Gasteiger partial charge in [-0.25, -0.2) is 9.80 Å². The van der Waals surface area contributed by atoms with Crippen molar-refractivity contribution >= 4 is 105 Å². The number of nitro benzene ring substituents is 1. The molecule has 1 aliphatic heterocycles. The minimum atomic E-state index is -2.25. The number of rotatable bonds is 9. The molecule has 50 heavy (non-hydrogen) atoms. The number of alkyl halides is 4. The molecule has 0 spiro atoms. The van der Waals surface area contributed by atoms with Crippen LogP contribution in [0.1, 0.15) is 31.1 Å². The molecule has 3 aromatic carbocycles. The van der Waals surface area contributed by atoms with E-state index in [1.165, 1.54) is 43.5 Å². The maximum absolute atomic E-state index is 14.1. The van der Waals surface area contributed by atoms with Crippen molar-refractivity contribution in [2.45, 2.75) is 14.1 Å². The molecule has 4 atom stereocenters. The van der Waals surface area contributed by atoms with Gasteiger partial charge in [0, 0.05) is 23.3 Å². The van der Waals surface area contributed by atoms with E-state index in [1.54, 1.807) is 12.1 Å². The summed E-state index contributed by atoms with van der Waals surface area (Å²) in [4.78, 5) is 74.5. The summed E-state index contributed by atoms with van der Waals surface area (Å²) in [5, 5.41) is 11.5. The van der Waals surface area contributed by atoms with Crippen molar-refractivity contribution in [3.05, 3.63) is 110 Å². The Bertz CT molecular complexity index is 2000. The average molecular weight is 802 g/mol. The number of fused-ring (bicyclic) bond motifs is 5. The number of ether oxygens (including phenoxy) is 2. The predicted octanol–water partition coefficient (Wildman–Crippen LogP) is 6.51. The number of allylic oxidation sites excluding steroid dienone is 2. The van der Waals surface area contributed by atoms with E-state index in [2.05, 4.69) is 0 Å². The van der Waals surface area contributed by atoms with Crippen molar-refractivity contribution in [2.24, 2.45) is 11.8 Å². The predicted molar refractivity (Wildman–Crippen MR) is 182 cm³/mol. The lowest BCUT2D eigenvalue weighted by Gasteiger charge is -2.36. The normalized spacial score (nSPS) is 24.7. The van der Waals surface area contributed by atoms with Crippen LogP contribution >= 0.6 is 69.6 Å². The van der Waals surface area contributed by atoms with Gasteiger partial charge in [0.1, 0.15) is 27.8 Å². The van der Waals surface area contributed by atoms with Crippen LogP contribution in [-0.2, 0) is 9.59 Å². The summed E-state index contributed by atoms with van der Waals surface area (Å²) in [7, 11) is 1.45. The summed E-state index contributed by atoms with van der Waals surface area (Å²) in [6.45, 7) is -0.901. The van der Waals surface area contributed by atoms with E-state index in [9.17, 15) is 34.1 Å². The first-order valence-corrected chi connectivity index (χ1v) is 16.5. The van der Waals surface area contributed by atoms with Crippen LogP contribution in [0.25, 0.3) is 0 Å². The number of imide groups is 1. The van der Waals surface area contributed by atoms with Crippen LogP contribution in [0.2, 0.25) is 0 Å². The Hall–Kier alpha value is -3.91. The second-order valence-corrected chi connectivity index (χ2v) is 14.6. The number of esters is 1. The van der Waals surface area contributed by atoms with E-state index < -0.39 is 66.9 Å². The summed E-state index contributed by atoms with van der Waals surface area (Å²) in [6, 6.07) is 15.7. The number of carbonyl (C=O) groups is 5. The molecule has 3 aliphatic rings. The summed E-state index contributed by atoms with van der Waals surface area (Å²) in [5.41, 5.74) is -0.370. The number of hydrogen-bond acceptors (Lipinski definition) is 9. The van der Waals surface area contributed by atoms with Gasteiger partial charge < -0.3 is 9.47 Å². The lowest BCUT2D eigenvalue weighted by Crippen LogP contribution is -2.56. The summed E-state index contributed by atoms with van der Waals surface area (Å²) >= 11 is 39.5. The van der Waals surface area contributed by atoms with Gasteiger partial charge in [-0.1, -0.05) is 52.5 Å². The summed E-state index contributed by atoms with van der Waals surface area (Å²) in [6.07, 6.45) is 0. The van der Waals surface area contributed by atoms with E-state index >= 15 is 0 Å². The topological polar surface area (TPSA) is 153 Å². The van der Waals surface area contributed by atoms with E-state index in [0.29, 0.717) is 15.8 Å². The van der Waals surface area contributed by atoms with Gasteiger partial charge >= 0.3 is 5.97 Å². The molecule has 1 heterocycles. The van der Waals surface area contributed by atoms with Crippen molar-refractivity contribution in [2.75, 3.05) is 13.7 Å². The minimum Gasteiger partial charge on any atom is -0.497 e. The van der Waals surface area contributed by atoms with Crippen molar-refractivity contribution in [3.63, 3.8) is 0 Å². The number of halogens is 6. The molecule has 0 unspecified atom stereocenters. The van der Waals surface area contributed by atoms with Gasteiger partial charge in [-0.2, -0.15) is 5.01 Å². The molecule has 3 aromatic rings. The number of methoxy groups -OCH3 is 1. The molecule has 0 N–H and O–H groups in total. The Morgan fingerprint density at radius 3 is 1.88 bits per heavy atom. The first kappa shape index (κ1) is 35.9. The van der Waals surface area contributed by atoms with E-state index in [-0.39, 0.29) is 38.2 Å². The Morgan fingerprint density at radius 2 is 1.36 bits per heavy atom. The van der Waals surface area contributed by atoms with Crippen molar-refractivity contribution in [1.29, 1.82) is 0 Å². The fourth-order valence-corrected chi connectivity index (χ4v) is 9.11. The van der Waals surface area contributed by atoms with Crippen LogP contribution in [0.15, 0.2) is 82.9 Å². The van der Waals surface area contributed by atoms with Crippen LogP contribution in [0.4, 0.5) is 5.69 Å². The molecule has 2 bridgehead atoms. The highest BCUT2D eigenvalue weighted by Gasteiger charge is 2.88. The molecule has 0 aromatic heterocycles. The van der Waals surface area contributed by atoms with Crippen LogP contribution in [0.3, 0.4) is 0 Å². The molecule has 1 saturated carbocycles. The first-order chi connectivity index (χ1) is 23.5. The number of hydrazine groups is 1. The van der Waals surface area contributed by atoms with Gasteiger partial charge in [0.05, 0.1) is 39.5 Å². The van der Waals surface area contributed by atoms with Gasteiger partial charge in [0.25, 0.3) is 23.4 Å². The van der Waals surface area contributed by atoms with Gasteiger partial charge in [0.2, 0.25) is 0 Å². The quantitative estimate of drug-likeness (QED) is 0.0448. The zero-order valence-corrected chi connectivity index (χ0v) is 29.6. The molecule has 18 heteroatoms. The SMILES string of the molecule is COc1cccc(C(=O)Oc2ccc(C(=O)CN(C(=O)c3ccc([N+](=O)[O-])cc3)N3C(=O)[C@H]4[C@H](C3=O)[C@@]3(Cl)C(Cl)=C(Cl)[C@@]4(Cl)C3(Cl)Cl)cc2)c1. The fourth-order valence-electron chi connectivity index (χ4n) is 6.18. The van der Waals surface area contributed by atoms with Crippen LogP contribution < -0.4 is 9.47 Å². The van der Waals surface area contributed by atoms with E-state index in [0.717, 1.165) is 24.3 Å². The number of nitro groups is 1. The first-order valence-electron chi connectivity index (χ1n) is 14.3. The van der Waals surface area contributed by atoms with Crippen molar-refractivity contribution in [3.8, 4) is 11.5 Å². The maximum atomic E-state index is 14.1. The number of amides is 3. The number of nitrogens with zero attached hydrogens (tertiary/aromatic N) is 3.